The van der Waals surface area contributed by atoms with Gasteiger partial charge in [0, 0.05) is 11.1 Å². The number of esters is 1. The molecule has 5 nitrogen and oxygen atoms in total. The van der Waals surface area contributed by atoms with Gasteiger partial charge in [-0.2, -0.15) is 8.42 Å². The third-order valence-electron chi connectivity index (χ3n) is 4.13. The first-order valence-electron chi connectivity index (χ1n) is 7.24. The van der Waals surface area contributed by atoms with Gasteiger partial charge in [0.25, 0.3) is 10.1 Å². The molecule has 0 aromatic heterocycles. The second-order valence-electron chi connectivity index (χ2n) is 5.47. The molecular weight excluding hydrogens is 316 g/mol. The molecule has 2 aromatic rings. The van der Waals surface area contributed by atoms with Gasteiger partial charge in [0.2, 0.25) is 0 Å². The van der Waals surface area contributed by atoms with Crippen LogP contribution in [0.1, 0.15) is 45.6 Å². The smallest absolute Gasteiger partial charge is 0.339 e. The summed E-state index contributed by atoms with van der Waals surface area (Å²) in [6, 6.07) is 9.88. The SMILES string of the molecule is CCc1c(C)ccc(S(=O)(=O)O)c1C1OC(=O)c2ccccc21. The molecule has 2 aromatic carbocycles. The van der Waals surface area contributed by atoms with E-state index in [1.54, 1.807) is 30.3 Å². The Bertz CT molecular complexity index is 899. The van der Waals surface area contributed by atoms with Crippen molar-refractivity contribution >= 4 is 16.1 Å². The van der Waals surface area contributed by atoms with Crippen molar-refractivity contribution in [3.63, 3.8) is 0 Å². The van der Waals surface area contributed by atoms with Gasteiger partial charge in [-0.1, -0.05) is 31.2 Å². The van der Waals surface area contributed by atoms with E-state index in [2.05, 4.69) is 0 Å². The maximum Gasteiger partial charge on any atom is 0.339 e. The van der Waals surface area contributed by atoms with Crippen molar-refractivity contribution in [1.82, 2.24) is 0 Å². The van der Waals surface area contributed by atoms with E-state index < -0.39 is 22.2 Å². The lowest BCUT2D eigenvalue weighted by Gasteiger charge is -2.20. The molecule has 0 saturated heterocycles. The van der Waals surface area contributed by atoms with E-state index in [1.807, 2.05) is 13.8 Å². The summed E-state index contributed by atoms with van der Waals surface area (Å²) in [6.07, 6.45) is -0.272. The zero-order valence-electron chi connectivity index (χ0n) is 12.7. The van der Waals surface area contributed by atoms with Gasteiger partial charge in [0.05, 0.1) is 5.56 Å². The lowest BCUT2D eigenvalue weighted by Crippen LogP contribution is -2.13. The molecule has 6 heteroatoms. The number of carbonyl (C=O) groups is 1. The van der Waals surface area contributed by atoms with Crippen LogP contribution in [0.4, 0.5) is 0 Å². The fraction of sp³-hybridized carbons (Fsp3) is 0.235. The summed E-state index contributed by atoms with van der Waals surface area (Å²) in [5.41, 5.74) is 3.02. The van der Waals surface area contributed by atoms with Gasteiger partial charge in [0.15, 0.2) is 6.10 Å². The van der Waals surface area contributed by atoms with E-state index in [0.717, 1.165) is 11.1 Å². The highest BCUT2D eigenvalue weighted by Gasteiger charge is 2.36. The fourth-order valence-corrected chi connectivity index (χ4v) is 3.84. The van der Waals surface area contributed by atoms with Gasteiger partial charge in [-0.05, 0) is 36.6 Å². The molecule has 0 aliphatic carbocycles. The number of hydrogen-bond donors (Lipinski definition) is 1. The zero-order chi connectivity index (χ0) is 16.8. The van der Waals surface area contributed by atoms with E-state index in [0.29, 0.717) is 23.1 Å². The molecule has 0 saturated carbocycles. The Morgan fingerprint density at radius 2 is 1.87 bits per heavy atom. The fourth-order valence-electron chi connectivity index (χ4n) is 3.09. The first kappa shape index (κ1) is 15.7. The summed E-state index contributed by atoms with van der Waals surface area (Å²) in [4.78, 5) is 11.8. The Balaban J connectivity index is 2.33. The van der Waals surface area contributed by atoms with Gasteiger partial charge < -0.3 is 4.74 Å². The van der Waals surface area contributed by atoms with Crippen LogP contribution in [0.25, 0.3) is 0 Å². The highest BCUT2D eigenvalue weighted by molar-refractivity contribution is 7.85. The van der Waals surface area contributed by atoms with Gasteiger partial charge in [-0.25, -0.2) is 4.79 Å². The number of benzene rings is 2. The van der Waals surface area contributed by atoms with Crippen LogP contribution in [0.15, 0.2) is 41.3 Å². The van der Waals surface area contributed by atoms with E-state index in [-0.39, 0.29) is 4.90 Å². The average molecular weight is 332 g/mol. The second kappa shape index (κ2) is 5.47. The quantitative estimate of drug-likeness (QED) is 0.690. The molecule has 3 rings (SSSR count). The van der Waals surface area contributed by atoms with Crippen molar-refractivity contribution in [2.75, 3.05) is 0 Å². The molecule has 1 aliphatic rings. The van der Waals surface area contributed by atoms with Crippen molar-refractivity contribution in [2.45, 2.75) is 31.3 Å². The Labute approximate surface area is 134 Å². The number of carbonyl (C=O) groups excluding carboxylic acids is 1. The molecule has 0 spiro atoms. The van der Waals surface area contributed by atoms with Crippen LogP contribution in [0, 0.1) is 6.92 Å². The number of aryl methyl sites for hydroxylation is 1. The maximum absolute atomic E-state index is 12.1. The van der Waals surface area contributed by atoms with Crippen LogP contribution in [0.5, 0.6) is 0 Å². The molecule has 0 radical (unpaired) electrons. The van der Waals surface area contributed by atoms with Crippen LogP contribution >= 0.6 is 0 Å². The minimum atomic E-state index is -4.43. The Hall–Kier alpha value is -2.18. The van der Waals surface area contributed by atoms with Crippen LogP contribution in [0.3, 0.4) is 0 Å². The van der Waals surface area contributed by atoms with Gasteiger partial charge in [-0.15, -0.1) is 0 Å². The first-order valence-corrected chi connectivity index (χ1v) is 8.68. The predicted octanol–water partition coefficient (Wildman–Crippen LogP) is 3.06. The zero-order valence-corrected chi connectivity index (χ0v) is 13.6. The summed E-state index contributed by atoms with van der Waals surface area (Å²) < 4.78 is 38.6. The molecule has 1 unspecified atom stereocenters. The minimum absolute atomic E-state index is 0.213. The molecule has 1 aliphatic heterocycles. The minimum Gasteiger partial charge on any atom is -0.449 e. The summed E-state index contributed by atoms with van der Waals surface area (Å²) in [5, 5.41) is 0. The van der Waals surface area contributed by atoms with Crippen LogP contribution in [0.2, 0.25) is 0 Å². The lowest BCUT2D eigenvalue weighted by molar-refractivity contribution is 0.0450. The first-order chi connectivity index (χ1) is 10.8. The average Bonchev–Trinajstić information content (AvgIpc) is 2.83. The number of hydrogen-bond acceptors (Lipinski definition) is 4. The van der Waals surface area contributed by atoms with E-state index in [1.165, 1.54) is 6.07 Å². The van der Waals surface area contributed by atoms with Gasteiger partial charge >= 0.3 is 5.97 Å². The normalized spacial score (nSPS) is 17.0. The molecule has 0 amide bonds. The van der Waals surface area contributed by atoms with E-state index in [9.17, 15) is 17.8 Å². The topological polar surface area (TPSA) is 80.7 Å². The summed E-state index contributed by atoms with van der Waals surface area (Å²) in [7, 11) is -4.43. The van der Waals surface area contributed by atoms with E-state index in [4.69, 9.17) is 4.74 Å². The maximum atomic E-state index is 12.1. The highest BCUT2D eigenvalue weighted by Crippen LogP contribution is 2.41. The van der Waals surface area contributed by atoms with Crippen LogP contribution in [-0.2, 0) is 21.3 Å². The van der Waals surface area contributed by atoms with Crippen molar-refractivity contribution < 1.29 is 22.5 Å². The van der Waals surface area contributed by atoms with Gasteiger partial charge in [-0.3, -0.25) is 4.55 Å². The van der Waals surface area contributed by atoms with Crippen molar-refractivity contribution in [3.8, 4) is 0 Å². The third kappa shape index (κ3) is 2.54. The van der Waals surface area contributed by atoms with Crippen LogP contribution in [-0.4, -0.2) is 18.9 Å². The largest absolute Gasteiger partial charge is 0.449 e. The monoisotopic (exact) mass is 332 g/mol. The van der Waals surface area contributed by atoms with Gasteiger partial charge in [0.1, 0.15) is 4.90 Å². The van der Waals surface area contributed by atoms with Crippen molar-refractivity contribution in [2.24, 2.45) is 0 Å². The second-order valence-corrected chi connectivity index (χ2v) is 6.86. The molecule has 1 atom stereocenters. The Morgan fingerprint density at radius 3 is 2.52 bits per heavy atom. The number of ether oxygens (including phenoxy) is 1. The standard InChI is InChI=1S/C17H16O5S/c1-3-11-10(2)8-9-14(23(19,20)21)15(11)16-12-6-4-5-7-13(12)17(18)22-16/h4-9,16H,3H2,1-2H3,(H,19,20,21). The predicted molar refractivity (Wildman–Crippen MR) is 84.1 cm³/mol. The Kier molecular flexibility index (Phi) is 3.74. The number of rotatable bonds is 3. The molecular formula is C17H16O5S. The molecule has 23 heavy (non-hydrogen) atoms. The molecule has 120 valence electrons. The van der Waals surface area contributed by atoms with Crippen LogP contribution < -0.4 is 0 Å². The van der Waals surface area contributed by atoms with E-state index >= 15 is 0 Å². The summed E-state index contributed by atoms with van der Waals surface area (Å²) in [6.45, 7) is 3.75. The molecule has 0 fully saturated rings. The van der Waals surface area contributed by atoms with Crippen molar-refractivity contribution in [3.05, 3.63) is 64.2 Å². The third-order valence-corrected chi connectivity index (χ3v) is 5.04. The summed E-state index contributed by atoms with van der Waals surface area (Å²) >= 11 is 0. The molecule has 1 heterocycles. The molecule has 1 N–H and O–H groups in total. The number of fused-ring (bicyclic) bond motifs is 1. The summed E-state index contributed by atoms with van der Waals surface area (Å²) in [5.74, 6) is -0.490. The van der Waals surface area contributed by atoms with Crippen molar-refractivity contribution in [1.29, 1.82) is 0 Å². The lowest BCUT2D eigenvalue weighted by atomic mass is 9.92. The number of cyclic esters (lactones) is 1. The highest BCUT2D eigenvalue weighted by atomic mass is 32.2. The molecule has 0 bridgehead atoms. The Morgan fingerprint density at radius 1 is 1.17 bits per heavy atom.